The van der Waals surface area contributed by atoms with Crippen molar-refractivity contribution in [3.63, 3.8) is 0 Å². The van der Waals surface area contributed by atoms with Crippen molar-refractivity contribution in [1.82, 2.24) is 0 Å². The number of rotatable bonds is 17. The maximum atomic E-state index is 14.5. The average molecular weight is 751 g/mol. The van der Waals surface area contributed by atoms with Gasteiger partial charge in [-0.2, -0.15) is 8.42 Å². The molecule has 0 spiro atoms. The largest absolute Gasteiger partial charge is 0.488 e. The highest BCUT2D eigenvalue weighted by Gasteiger charge is 2.46. The van der Waals surface area contributed by atoms with Gasteiger partial charge in [-0.15, -0.1) is 0 Å². The highest BCUT2D eigenvalue weighted by atomic mass is 32.2. The van der Waals surface area contributed by atoms with Crippen LogP contribution in [0, 0.1) is 32.6 Å². The van der Waals surface area contributed by atoms with E-state index in [4.69, 9.17) is 13.7 Å². The maximum Gasteiger partial charge on any atom is 0.264 e. The molecule has 0 bridgehead atoms. The molecule has 0 amide bonds. The van der Waals surface area contributed by atoms with Crippen LogP contribution < -0.4 is 9.47 Å². The summed E-state index contributed by atoms with van der Waals surface area (Å²) in [6, 6.07) is 18.3. The lowest BCUT2D eigenvalue weighted by molar-refractivity contribution is 0.0148. The molecule has 1 heterocycles. The summed E-state index contributed by atoms with van der Waals surface area (Å²) < 4.78 is 73.8. The molecule has 3 aromatic carbocycles. The predicted octanol–water partition coefficient (Wildman–Crippen LogP) is 9.82. The van der Waals surface area contributed by atoms with Crippen LogP contribution in [-0.4, -0.2) is 40.0 Å². The van der Waals surface area contributed by atoms with Crippen LogP contribution in [0.4, 0.5) is 0 Å². The van der Waals surface area contributed by atoms with Crippen LogP contribution in [0.25, 0.3) is 0 Å². The molecule has 52 heavy (non-hydrogen) atoms. The van der Waals surface area contributed by atoms with Gasteiger partial charge in [-0.25, -0.2) is 8.42 Å². The van der Waals surface area contributed by atoms with E-state index >= 15 is 0 Å². The van der Waals surface area contributed by atoms with Crippen molar-refractivity contribution >= 4 is 20.0 Å². The summed E-state index contributed by atoms with van der Waals surface area (Å²) in [7, 11) is -8.12. The maximum absolute atomic E-state index is 14.5. The molecule has 7 nitrogen and oxygen atoms in total. The van der Waals surface area contributed by atoms with Crippen LogP contribution in [0.5, 0.6) is 11.5 Å². The van der Waals surface area contributed by atoms with E-state index in [0.29, 0.717) is 25.4 Å². The van der Waals surface area contributed by atoms with E-state index in [-0.39, 0.29) is 11.3 Å². The molecule has 1 aliphatic rings. The Morgan fingerprint density at radius 3 is 2.17 bits per heavy atom. The Hall–Kier alpha value is -3.40. The summed E-state index contributed by atoms with van der Waals surface area (Å²) in [4.78, 5) is 0.127. The van der Waals surface area contributed by atoms with Crippen molar-refractivity contribution in [2.24, 2.45) is 11.8 Å². The van der Waals surface area contributed by atoms with Gasteiger partial charge in [0.15, 0.2) is 9.84 Å². The molecular weight excluding hydrogens is 693 g/mol. The van der Waals surface area contributed by atoms with Crippen molar-refractivity contribution in [3.05, 3.63) is 112 Å². The average Bonchev–Trinajstić information content (AvgIpc) is 3.07. The lowest BCUT2D eigenvalue weighted by Crippen LogP contribution is -2.48. The number of fused-ring (bicyclic) bond motifs is 1. The second-order valence-corrected chi connectivity index (χ2v) is 18.9. The van der Waals surface area contributed by atoms with Crippen LogP contribution in [0.2, 0.25) is 0 Å². The van der Waals surface area contributed by atoms with Crippen molar-refractivity contribution in [3.8, 4) is 11.5 Å². The summed E-state index contributed by atoms with van der Waals surface area (Å²) >= 11 is 0. The van der Waals surface area contributed by atoms with Crippen molar-refractivity contribution in [2.75, 3.05) is 6.26 Å². The van der Waals surface area contributed by atoms with Gasteiger partial charge >= 0.3 is 0 Å². The molecule has 0 fully saturated rings. The highest BCUT2D eigenvalue weighted by molar-refractivity contribution is 7.92. The number of benzene rings is 3. The van der Waals surface area contributed by atoms with Gasteiger partial charge in [-0.05, 0) is 120 Å². The number of ether oxygens (including phenoxy) is 2. The van der Waals surface area contributed by atoms with E-state index in [1.165, 1.54) is 5.57 Å². The van der Waals surface area contributed by atoms with Gasteiger partial charge in [-0.3, -0.25) is 4.18 Å². The quantitative estimate of drug-likeness (QED) is 0.100. The summed E-state index contributed by atoms with van der Waals surface area (Å²) in [5.41, 5.74) is 5.43. The fraction of sp³-hybridized carbons (Fsp3) is 0.488. The summed E-state index contributed by atoms with van der Waals surface area (Å²) in [6.45, 7) is 16.7. The minimum atomic E-state index is -4.06. The molecule has 2 unspecified atom stereocenters. The number of sulfone groups is 1. The van der Waals surface area contributed by atoms with Gasteiger partial charge in [0.2, 0.25) is 0 Å². The zero-order chi connectivity index (χ0) is 38.3. The Morgan fingerprint density at radius 2 is 1.56 bits per heavy atom. The third-order valence-electron chi connectivity index (χ3n) is 10.2. The fourth-order valence-corrected chi connectivity index (χ4v) is 9.99. The molecule has 0 radical (unpaired) electrons. The van der Waals surface area contributed by atoms with Crippen LogP contribution in [0.3, 0.4) is 0 Å². The predicted molar refractivity (Wildman–Crippen MR) is 211 cm³/mol. The third kappa shape index (κ3) is 10.8. The van der Waals surface area contributed by atoms with Gasteiger partial charge in [0.25, 0.3) is 10.1 Å². The first-order valence-corrected chi connectivity index (χ1v) is 21.7. The molecule has 0 aliphatic carbocycles. The lowest BCUT2D eigenvalue weighted by atomic mass is 9.83. The Bertz CT molecular complexity index is 1930. The molecule has 0 saturated carbocycles. The number of hydrogen-bond acceptors (Lipinski definition) is 7. The van der Waals surface area contributed by atoms with Crippen LogP contribution in [0.15, 0.2) is 89.4 Å². The van der Waals surface area contributed by atoms with Crippen molar-refractivity contribution in [2.45, 2.75) is 122 Å². The topological polar surface area (TPSA) is 96.0 Å². The van der Waals surface area contributed by atoms with Crippen molar-refractivity contribution in [1.29, 1.82) is 0 Å². The SMILES string of the molecule is CC(C)=CCC[C@@H](C)CC=C[C@@H](C)C([C@H](CC1(C)CCc2c(C)c(OCc3ccccc3)c(C)c(C)c2O1)OS(C)(=O)=O)S(=O)(=O)c1ccccc1. The van der Waals surface area contributed by atoms with Gasteiger partial charge in [0, 0.05) is 12.0 Å². The van der Waals surface area contributed by atoms with Crippen LogP contribution >= 0.6 is 0 Å². The van der Waals surface area contributed by atoms with E-state index in [1.54, 1.807) is 30.3 Å². The Balaban J connectivity index is 1.68. The lowest BCUT2D eigenvalue weighted by Gasteiger charge is -2.41. The van der Waals surface area contributed by atoms with E-state index < -0.39 is 42.8 Å². The zero-order valence-corrected chi connectivity index (χ0v) is 34.1. The Kier molecular flexibility index (Phi) is 14.0. The summed E-state index contributed by atoms with van der Waals surface area (Å²) in [6.07, 6.45) is 9.98. The minimum Gasteiger partial charge on any atom is -0.488 e. The molecule has 1 aliphatic heterocycles. The van der Waals surface area contributed by atoms with E-state index in [9.17, 15) is 16.8 Å². The van der Waals surface area contributed by atoms with E-state index in [0.717, 1.165) is 64.8 Å². The third-order valence-corrected chi connectivity index (χ3v) is 13.2. The molecule has 5 atom stereocenters. The first-order chi connectivity index (χ1) is 24.4. The zero-order valence-electron chi connectivity index (χ0n) is 32.4. The Morgan fingerprint density at radius 1 is 0.923 bits per heavy atom. The van der Waals surface area contributed by atoms with Crippen LogP contribution in [-0.2, 0) is 37.2 Å². The normalized spacial score (nSPS) is 18.6. The molecule has 0 aromatic heterocycles. The second kappa shape index (κ2) is 17.6. The highest BCUT2D eigenvalue weighted by Crippen LogP contribution is 2.46. The molecule has 284 valence electrons. The summed E-state index contributed by atoms with van der Waals surface area (Å²) in [5, 5.41) is -1.19. The van der Waals surface area contributed by atoms with Crippen LogP contribution in [0.1, 0.15) is 94.5 Å². The minimum absolute atomic E-state index is 0.0529. The van der Waals surface area contributed by atoms with E-state index in [2.05, 4.69) is 26.8 Å². The molecule has 4 rings (SSSR count). The Labute approximate surface area is 313 Å². The molecular formula is C43H58O7S2. The summed E-state index contributed by atoms with van der Waals surface area (Å²) in [5.74, 6) is 1.43. The molecule has 9 heteroatoms. The standard InChI is InChI=1S/C43H58O7S2/c1-30(2)18-16-19-31(3)20-17-21-32(4)42(52(46,47)37-24-14-11-15-25-37)39(50-51(9,44)45)28-43(8)27-26-38-35(7)40(33(5)34(6)41(38)49-43)48-29-36-22-12-10-13-23-36/h10-15,17-18,21-25,31-32,39,42H,16,19-20,26-29H2,1-9H3/t31-,32-,39+,42?,43?/m1/s1. The number of allylic oxidation sites excluding steroid dienone is 4. The number of hydrogen-bond donors (Lipinski definition) is 0. The smallest absolute Gasteiger partial charge is 0.264 e. The fourth-order valence-electron chi connectivity index (χ4n) is 7.22. The van der Waals surface area contributed by atoms with Gasteiger partial charge in [0.1, 0.15) is 23.7 Å². The molecule has 3 aromatic rings. The van der Waals surface area contributed by atoms with Gasteiger partial charge in [-0.1, -0.05) is 86.2 Å². The second-order valence-electron chi connectivity index (χ2n) is 15.2. The molecule has 0 N–H and O–H groups in total. The monoisotopic (exact) mass is 750 g/mol. The van der Waals surface area contributed by atoms with Gasteiger partial charge < -0.3 is 9.47 Å². The van der Waals surface area contributed by atoms with Crippen molar-refractivity contribution < 1.29 is 30.5 Å². The first-order valence-electron chi connectivity index (χ1n) is 18.4. The first kappa shape index (κ1) is 41.4. The van der Waals surface area contributed by atoms with Gasteiger partial charge in [0.05, 0.1) is 22.5 Å². The van der Waals surface area contributed by atoms with E-state index in [1.807, 2.05) is 77.1 Å². The molecule has 0 saturated heterocycles.